The molecule has 1 N–H and O–H groups in total. The molecule has 0 radical (unpaired) electrons. The predicted octanol–water partition coefficient (Wildman–Crippen LogP) is 5.28. The van der Waals surface area contributed by atoms with E-state index in [1.807, 2.05) is 0 Å². The van der Waals surface area contributed by atoms with Gasteiger partial charge in [0.2, 0.25) is 0 Å². The number of nitrogens with one attached hydrogen (secondary N) is 1. The van der Waals surface area contributed by atoms with Gasteiger partial charge in [-0.1, -0.05) is 44.7 Å². The van der Waals surface area contributed by atoms with E-state index in [2.05, 4.69) is 49.7 Å². The average molecular weight is 292 g/mol. The van der Waals surface area contributed by atoms with E-state index in [0.29, 0.717) is 6.04 Å². The Labute approximate surface area is 128 Å². The van der Waals surface area contributed by atoms with Crippen LogP contribution in [-0.2, 0) is 0 Å². The van der Waals surface area contributed by atoms with Gasteiger partial charge in [0.25, 0.3) is 0 Å². The summed E-state index contributed by atoms with van der Waals surface area (Å²) >= 11 is 1.81. The van der Waals surface area contributed by atoms with Gasteiger partial charge in [0, 0.05) is 10.9 Å². The number of benzene rings is 1. The molecule has 0 saturated heterocycles. The largest absolute Gasteiger partial charge is 0.310 e. The van der Waals surface area contributed by atoms with E-state index in [-0.39, 0.29) is 0 Å². The van der Waals surface area contributed by atoms with Crippen molar-refractivity contribution in [2.75, 3.05) is 12.8 Å². The highest BCUT2D eigenvalue weighted by molar-refractivity contribution is 7.98. The van der Waals surface area contributed by atoms with Crippen molar-refractivity contribution in [2.45, 2.75) is 56.9 Å². The highest BCUT2D eigenvalue weighted by atomic mass is 32.2. The first-order valence-corrected chi connectivity index (χ1v) is 9.29. The molecule has 2 heteroatoms. The van der Waals surface area contributed by atoms with Gasteiger partial charge in [0.05, 0.1) is 0 Å². The van der Waals surface area contributed by atoms with Crippen molar-refractivity contribution in [3.63, 3.8) is 0 Å². The van der Waals surface area contributed by atoms with Crippen molar-refractivity contribution in [1.82, 2.24) is 5.32 Å². The first-order chi connectivity index (χ1) is 9.69. The summed E-state index contributed by atoms with van der Waals surface area (Å²) in [6, 6.07) is 9.42. The summed E-state index contributed by atoms with van der Waals surface area (Å²) in [6.07, 6.45) is 9.24. The Morgan fingerprint density at radius 3 is 2.40 bits per heavy atom. The summed E-state index contributed by atoms with van der Waals surface area (Å²) in [5.74, 6) is 1.93. The zero-order valence-corrected chi connectivity index (χ0v) is 14.0. The Morgan fingerprint density at radius 1 is 1.15 bits per heavy atom. The summed E-state index contributed by atoms with van der Waals surface area (Å²) in [4.78, 5) is 1.34. The molecule has 1 saturated carbocycles. The molecule has 1 aliphatic carbocycles. The molecule has 1 fully saturated rings. The van der Waals surface area contributed by atoms with Crippen LogP contribution in [0.2, 0.25) is 0 Å². The average Bonchev–Trinajstić information content (AvgIpc) is 2.49. The molecule has 1 aromatic carbocycles. The third kappa shape index (κ3) is 4.82. The zero-order valence-electron chi connectivity index (χ0n) is 13.2. The molecular formula is C18H29NS. The fourth-order valence-electron chi connectivity index (χ4n) is 3.13. The van der Waals surface area contributed by atoms with Gasteiger partial charge in [-0.05, 0) is 55.7 Å². The maximum absolute atomic E-state index is 3.69. The van der Waals surface area contributed by atoms with Gasteiger partial charge in [-0.2, -0.15) is 0 Å². The lowest BCUT2D eigenvalue weighted by molar-refractivity contribution is 0.273. The lowest BCUT2D eigenvalue weighted by atomic mass is 9.81. The van der Waals surface area contributed by atoms with Crippen LogP contribution in [-0.4, -0.2) is 12.8 Å². The molecule has 0 heterocycles. The van der Waals surface area contributed by atoms with E-state index in [1.165, 1.54) is 42.6 Å². The van der Waals surface area contributed by atoms with Gasteiger partial charge in [0.15, 0.2) is 0 Å². The van der Waals surface area contributed by atoms with E-state index in [9.17, 15) is 0 Å². The molecule has 1 nitrogen and oxygen atoms in total. The van der Waals surface area contributed by atoms with E-state index in [0.717, 1.165) is 18.4 Å². The molecular weight excluding hydrogens is 262 g/mol. The Hall–Kier alpha value is -0.470. The third-order valence-corrected chi connectivity index (χ3v) is 5.50. The highest BCUT2D eigenvalue weighted by Crippen LogP contribution is 2.30. The molecule has 0 aromatic heterocycles. The topological polar surface area (TPSA) is 12.0 Å². The minimum absolute atomic E-state index is 0.466. The van der Waals surface area contributed by atoms with Crippen LogP contribution in [0.25, 0.3) is 0 Å². The fraction of sp³-hybridized carbons (Fsp3) is 0.667. The first-order valence-electron chi connectivity index (χ1n) is 8.06. The smallest absolute Gasteiger partial charge is 0.0291 e. The van der Waals surface area contributed by atoms with E-state index in [1.54, 1.807) is 11.8 Å². The monoisotopic (exact) mass is 291 g/mol. The Kier molecular flexibility index (Phi) is 6.44. The van der Waals surface area contributed by atoms with Gasteiger partial charge in [0.1, 0.15) is 0 Å². The van der Waals surface area contributed by atoms with Crippen LogP contribution in [0.3, 0.4) is 0 Å². The number of thioether (sulfide) groups is 1. The standard InChI is InChI=1S/C18H29NS/c1-14-4-6-16(7-5-14)12-13-19-15(2)17-8-10-18(20-3)11-9-17/h8-11,14-16,19H,4-7,12-13H2,1-3H3. The lowest BCUT2D eigenvalue weighted by Crippen LogP contribution is -2.23. The maximum atomic E-state index is 3.69. The van der Waals surface area contributed by atoms with Crippen molar-refractivity contribution in [3.8, 4) is 0 Å². The number of hydrogen-bond acceptors (Lipinski definition) is 2. The summed E-state index contributed by atoms with van der Waals surface area (Å²) in [7, 11) is 0. The second kappa shape index (κ2) is 8.09. The van der Waals surface area contributed by atoms with Crippen LogP contribution < -0.4 is 5.32 Å². The predicted molar refractivity (Wildman–Crippen MR) is 90.4 cm³/mol. The van der Waals surface area contributed by atoms with Crippen LogP contribution in [0, 0.1) is 11.8 Å². The van der Waals surface area contributed by atoms with Crippen LogP contribution in [0.5, 0.6) is 0 Å². The van der Waals surface area contributed by atoms with Crippen LogP contribution >= 0.6 is 11.8 Å². The molecule has 0 bridgehead atoms. The van der Waals surface area contributed by atoms with Gasteiger partial charge in [-0.25, -0.2) is 0 Å². The van der Waals surface area contributed by atoms with Crippen molar-refractivity contribution in [2.24, 2.45) is 11.8 Å². The van der Waals surface area contributed by atoms with E-state index >= 15 is 0 Å². The summed E-state index contributed by atoms with van der Waals surface area (Å²) in [5.41, 5.74) is 1.40. The molecule has 1 aromatic rings. The normalized spacial score (nSPS) is 24.6. The molecule has 20 heavy (non-hydrogen) atoms. The second-order valence-electron chi connectivity index (χ2n) is 6.36. The Morgan fingerprint density at radius 2 is 1.80 bits per heavy atom. The second-order valence-corrected chi connectivity index (χ2v) is 7.24. The number of rotatable bonds is 6. The van der Waals surface area contributed by atoms with E-state index < -0.39 is 0 Å². The van der Waals surface area contributed by atoms with Crippen molar-refractivity contribution in [1.29, 1.82) is 0 Å². The molecule has 0 spiro atoms. The summed E-state index contributed by atoms with van der Waals surface area (Å²) < 4.78 is 0. The van der Waals surface area contributed by atoms with Crippen LogP contribution in [0.1, 0.15) is 57.6 Å². The minimum Gasteiger partial charge on any atom is -0.310 e. The SMILES string of the molecule is CSc1ccc(C(C)NCCC2CCC(C)CC2)cc1. The van der Waals surface area contributed by atoms with Gasteiger partial charge in [-0.3, -0.25) is 0 Å². The zero-order chi connectivity index (χ0) is 14.4. The Balaban J connectivity index is 1.70. The van der Waals surface area contributed by atoms with Crippen LogP contribution in [0.4, 0.5) is 0 Å². The molecule has 0 amide bonds. The molecule has 0 aliphatic heterocycles. The van der Waals surface area contributed by atoms with Crippen molar-refractivity contribution in [3.05, 3.63) is 29.8 Å². The first kappa shape index (κ1) is 15.9. The lowest BCUT2D eigenvalue weighted by Gasteiger charge is -2.26. The van der Waals surface area contributed by atoms with Gasteiger partial charge < -0.3 is 5.32 Å². The molecule has 1 atom stereocenters. The Bertz CT molecular complexity index is 379. The van der Waals surface area contributed by atoms with Crippen molar-refractivity contribution < 1.29 is 0 Å². The van der Waals surface area contributed by atoms with Gasteiger partial charge in [-0.15, -0.1) is 11.8 Å². The maximum Gasteiger partial charge on any atom is 0.0291 e. The molecule has 1 aliphatic rings. The summed E-state index contributed by atoms with van der Waals surface area (Å²) in [5, 5.41) is 3.69. The molecule has 112 valence electrons. The minimum atomic E-state index is 0.466. The fourth-order valence-corrected chi connectivity index (χ4v) is 3.54. The highest BCUT2D eigenvalue weighted by Gasteiger charge is 2.17. The number of hydrogen-bond donors (Lipinski definition) is 1. The molecule has 1 unspecified atom stereocenters. The summed E-state index contributed by atoms with van der Waals surface area (Å²) in [6.45, 7) is 5.83. The van der Waals surface area contributed by atoms with Gasteiger partial charge >= 0.3 is 0 Å². The van der Waals surface area contributed by atoms with Crippen molar-refractivity contribution >= 4 is 11.8 Å². The van der Waals surface area contributed by atoms with Crippen LogP contribution in [0.15, 0.2) is 29.2 Å². The van der Waals surface area contributed by atoms with E-state index in [4.69, 9.17) is 0 Å². The third-order valence-electron chi connectivity index (χ3n) is 4.75. The quantitative estimate of drug-likeness (QED) is 0.716. The molecule has 2 rings (SSSR count).